The molecule has 0 fully saturated rings. The van der Waals surface area contributed by atoms with Gasteiger partial charge in [-0.3, -0.25) is 4.68 Å². The predicted octanol–water partition coefficient (Wildman–Crippen LogP) is -1.57. The lowest BCUT2D eigenvalue weighted by Crippen LogP contribution is -2.39. The topological polar surface area (TPSA) is 106 Å². The van der Waals surface area contributed by atoms with Crippen molar-refractivity contribution in [3.05, 3.63) is 12.2 Å². The Hall–Kier alpha value is -1.03. The third kappa shape index (κ3) is 4.38. The maximum atomic E-state index is 11.7. The van der Waals surface area contributed by atoms with Crippen LogP contribution in [-0.2, 0) is 23.8 Å². The van der Waals surface area contributed by atoms with Gasteiger partial charge in [0.1, 0.15) is 6.33 Å². The average molecular weight is 262 g/mol. The van der Waals surface area contributed by atoms with Crippen molar-refractivity contribution >= 4 is 10.2 Å². The summed E-state index contributed by atoms with van der Waals surface area (Å²) in [6.45, 7) is 0.930. The van der Waals surface area contributed by atoms with Gasteiger partial charge in [0, 0.05) is 20.6 Å². The molecular weight excluding hydrogens is 244 g/mol. The average Bonchev–Trinajstić information content (AvgIpc) is 2.69. The Morgan fingerprint density at radius 3 is 2.82 bits per heavy atom. The molecule has 0 radical (unpaired) electrons. The van der Waals surface area contributed by atoms with Crippen LogP contribution in [0.25, 0.3) is 0 Å². The van der Waals surface area contributed by atoms with Gasteiger partial charge in [-0.2, -0.15) is 22.5 Å². The van der Waals surface area contributed by atoms with E-state index >= 15 is 0 Å². The molecule has 0 unspecified atom stereocenters. The summed E-state index contributed by atoms with van der Waals surface area (Å²) >= 11 is 0. The second kappa shape index (κ2) is 6.05. The highest BCUT2D eigenvalue weighted by Crippen LogP contribution is 1.97. The Kier molecular flexibility index (Phi) is 5.00. The summed E-state index contributed by atoms with van der Waals surface area (Å²) in [6, 6.07) is 0. The smallest absolute Gasteiger partial charge is 0.279 e. The Bertz CT molecular complexity index is 443. The molecule has 98 valence electrons. The first-order chi connectivity index (χ1) is 7.95. The molecule has 9 heteroatoms. The van der Waals surface area contributed by atoms with Crippen LogP contribution in [0.4, 0.5) is 0 Å². The van der Waals surface area contributed by atoms with Gasteiger partial charge in [0.15, 0.2) is 5.82 Å². The first-order valence-electron chi connectivity index (χ1n) is 5.21. The SMILES string of the molecule is CN(CCCN)S(=O)(=O)NCc1ncn(C)n1. The molecule has 1 heterocycles. The lowest BCUT2D eigenvalue weighted by molar-refractivity contribution is 0.451. The largest absolute Gasteiger partial charge is 0.330 e. The molecule has 0 atom stereocenters. The van der Waals surface area contributed by atoms with E-state index in [4.69, 9.17) is 5.73 Å². The number of aryl methyl sites for hydroxylation is 1. The summed E-state index contributed by atoms with van der Waals surface area (Å²) in [5.74, 6) is 0.434. The van der Waals surface area contributed by atoms with Crippen LogP contribution < -0.4 is 10.5 Å². The van der Waals surface area contributed by atoms with Crippen molar-refractivity contribution in [2.45, 2.75) is 13.0 Å². The fraction of sp³-hybridized carbons (Fsp3) is 0.750. The summed E-state index contributed by atoms with van der Waals surface area (Å²) in [6.07, 6.45) is 2.14. The van der Waals surface area contributed by atoms with Crippen molar-refractivity contribution in [1.82, 2.24) is 23.8 Å². The molecule has 1 rings (SSSR count). The first kappa shape index (κ1) is 14.0. The van der Waals surface area contributed by atoms with Crippen molar-refractivity contribution < 1.29 is 8.42 Å². The van der Waals surface area contributed by atoms with Crippen LogP contribution in [0, 0.1) is 0 Å². The fourth-order valence-corrected chi connectivity index (χ4v) is 2.07. The van der Waals surface area contributed by atoms with E-state index in [1.165, 1.54) is 22.4 Å². The zero-order chi connectivity index (χ0) is 12.9. The van der Waals surface area contributed by atoms with E-state index in [0.29, 0.717) is 25.3 Å². The highest BCUT2D eigenvalue weighted by Gasteiger charge is 2.16. The van der Waals surface area contributed by atoms with E-state index in [1.807, 2.05) is 0 Å². The van der Waals surface area contributed by atoms with E-state index in [1.54, 1.807) is 7.05 Å². The van der Waals surface area contributed by atoms with Gasteiger partial charge in [-0.25, -0.2) is 4.98 Å². The molecule has 0 aliphatic rings. The summed E-state index contributed by atoms with van der Waals surface area (Å²) in [5, 5.41) is 3.98. The molecule has 1 aromatic rings. The van der Waals surface area contributed by atoms with Crippen LogP contribution in [0.5, 0.6) is 0 Å². The standard InChI is InChI=1S/C8H18N6O2S/c1-13-7-10-8(12-13)6-11-17(15,16)14(2)5-3-4-9/h7,11H,3-6,9H2,1-2H3. The Morgan fingerprint density at radius 2 is 2.29 bits per heavy atom. The number of hydrogen-bond donors (Lipinski definition) is 2. The molecule has 0 saturated carbocycles. The summed E-state index contributed by atoms with van der Waals surface area (Å²) in [5.41, 5.74) is 5.32. The van der Waals surface area contributed by atoms with Crippen LogP contribution in [0.2, 0.25) is 0 Å². The van der Waals surface area contributed by atoms with Crippen molar-refractivity contribution in [2.24, 2.45) is 12.8 Å². The molecule has 0 aromatic carbocycles. The van der Waals surface area contributed by atoms with Crippen LogP contribution >= 0.6 is 0 Å². The molecular formula is C8H18N6O2S. The maximum absolute atomic E-state index is 11.7. The van der Waals surface area contributed by atoms with Crippen LogP contribution in [0.3, 0.4) is 0 Å². The van der Waals surface area contributed by atoms with Gasteiger partial charge in [-0.05, 0) is 13.0 Å². The van der Waals surface area contributed by atoms with Crippen molar-refractivity contribution in [2.75, 3.05) is 20.1 Å². The summed E-state index contributed by atoms with van der Waals surface area (Å²) in [4.78, 5) is 3.93. The molecule has 0 aliphatic carbocycles. The highest BCUT2D eigenvalue weighted by molar-refractivity contribution is 7.87. The minimum atomic E-state index is -3.48. The number of nitrogens with zero attached hydrogens (tertiary/aromatic N) is 4. The number of nitrogens with one attached hydrogen (secondary N) is 1. The Morgan fingerprint density at radius 1 is 1.59 bits per heavy atom. The quantitative estimate of drug-likeness (QED) is 0.617. The van der Waals surface area contributed by atoms with E-state index < -0.39 is 10.2 Å². The highest BCUT2D eigenvalue weighted by atomic mass is 32.2. The second-order valence-electron chi connectivity index (χ2n) is 3.62. The second-order valence-corrected chi connectivity index (χ2v) is 5.49. The molecule has 3 N–H and O–H groups in total. The number of nitrogens with two attached hydrogens (primary N) is 1. The van der Waals surface area contributed by atoms with E-state index in [2.05, 4.69) is 14.8 Å². The van der Waals surface area contributed by atoms with Crippen LogP contribution in [0.1, 0.15) is 12.2 Å². The van der Waals surface area contributed by atoms with Gasteiger partial charge in [0.2, 0.25) is 0 Å². The minimum absolute atomic E-state index is 0.0795. The normalized spacial score (nSPS) is 12.2. The first-order valence-corrected chi connectivity index (χ1v) is 6.65. The molecule has 0 saturated heterocycles. The van der Waals surface area contributed by atoms with Gasteiger partial charge in [0.25, 0.3) is 10.2 Å². The predicted molar refractivity (Wildman–Crippen MR) is 63.1 cm³/mol. The summed E-state index contributed by atoms with van der Waals surface area (Å²) in [7, 11) is -0.259. The zero-order valence-corrected chi connectivity index (χ0v) is 10.8. The molecule has 0 amide bonds. The number of rotatable bonds is 7. The van der Waals surface area contributed by atoms with Gasteiger partial charge >= 0.3 is 0 Å². The Balaban J connectivity index is 2.49. The molecule has 17 heavy (non-hydrogen) atoms. The van der Waals surface area contributed by atoms with Crippen LogP contribution in [-0.4, -0.2) is 47.6 Å². The zero-order valence-electron chi connectivity index (χ0n) is 10.00. The van der Waals surface area contributed by atoms with Gasteiger partial charge in [-0.1, -0.05) is 0 Å². The maximum Gasteiger partial charge on any atom is 0.279 e. The van der Waals surface area contributed by atoms with Gasteiger partial charge < -0.3 is 5.73 Å². The summed E-state index contributed by atoms with van der Waals surface area (Å²) < 4.78 is 28.6. The van der Waals surface area contributed by atoms with Crippen LogP contribution in [0.15, 0.2) is 6.33 Å². The van der Waals surface area contributed by atoms with Crippen molar-refractivity contribution in [1.29, 1.82) is 0 Å². The molecule has 0 spiro atoms. The number of aromatic nitrogens is 3. The van der Waals surface area contributed by atoms with Gasteiger partial charge in [0.05, 0.1) is 6.54 Å². The van der Waals surface area contributed by atoms with E-state index in [0.717, 1.165) is 0 Å². The van der Waals surface area contributed by atoms with E-state index in [-0.39, 0.29) is 6.54 Å². The number of hydrogen-bond acceptors (Lipinski definition) is 5. The third-order valence-electron chi connectivity index (χ3n) is 2.15. The monoisotopic (exact) mass is 262 g/mol. The lowest BCUT2D eigenvalue weighted by Gasteiger charge is -2.16. The lowest BCUT2D eigenvalue weighted by atomic mass is 10.4. The molecule has 1 aromatic heterocycles. The molecule has 8 nitrogen and oxygen atoms in total. The minimum Gasteiger partial charge on any atom is -0.330 e. The van der Waals surface area contributed by atoms with E-state index in [9.17, 15) is 8.42 Å². The third-order valence-corrected chi connectivity index (χ3v) is 3.66. The van der Waals surface area contributed by atoms with Crippen molar-refractivity contribution in [3.63, 3.8) is 0 Å². The van der Waals surface area contributed by atoms with Crippen molar-refractivity contribution in [3.8, 4) is 0 Å². The Labute approximate surface area is 101 Å². The molecule has 0 aliphatic heterocycles. The van der Waals surface area contributed by atoms with Gasteiger partial charge in [-0.15, -0.1) is 0 Å². The fourth-order valence-electron chi connectivity index (χ4n) is 1.16. The molecule has 0 bridgehead atoms.